The maximum atomic E-state index is 5.99. The lowest BCUT2D eigenvalue weighted by molar-refractivity contribution is 1.14. The number of aryl methyl sites for hydroxylation is 2. The van der Waals surface area contributed by atoms with Crippen molar-refractivity contribution >= 4 is 45.1 Å². The largest absolute Gasteiger partial charge is 0.331 e. The van der Waals surface area contributed by atoms with Gasteiger partial charge in [0.25, 0.3) is 0 Å². The van der Waals surface area contributed by atoms with Crippen molar-refractivity contribution < 1.29 is 0 Å². The smallest absolute Gasteiger partial charge is 0.187 e. The van der Waals surface area contributed by atoms with Gasteiger partial charge in [-0.05, 0) is 37.1 Å². The van der Waals surface area contributed by atoms with Crippen molar-refractivity contribution in [1.29, 1.82) is 0 Å². The molecule has 136 valence electrons. The van der Waals surface area contributed by atoms with Crippen LogP contribution < -0.4 is 5.32 Å². The van der Waals surface area contributed by atoms with Crippen molar-refractivity contribution in [3.8, 4) is 21.1 Å². The summed E-state index contributed by atoms with van der Waals surface area (Å²) >= 11 is 9.26. The molecule has 0 atom stereocenters. The van der Waals surface area contributed by atoms with Crippen LogP contribution >= 0.6 is 34.3 Å². The molecule has 4 aromatic rings. The van der Waals surface area contributed by atoms with Crippen molar-refractivity contribution in [3.05, 3.63) is 70.2 Å². The summed E-state index contributed by atoms with van der Waals surface area (Å²) in [6.07, 6.45) is 0.986. The number of nitrogens with one attached hydrogen (secondary N) is 1. The molecule has 0 radical (unpaired) electrons. The Morgan fingerprint density at radius 2 is 1.81 bits per heavy atom. The lowest BCUT2D eigenvalue weighted by atomic mass is 10.1. The monoisotopic (exact) mass is 411 g/mol. The first-order chi connectivity index (χ1) is 13.1. The SMILES string of the molecule is CCc1ccccc1Nc1nc(-c2sc(-c3ccc(Cl)cc3)nc2C)cs1. The highest BCUT2D eigenvalue weighted by Crippen LogP contribution is 2.37. The zero-order chi connectivity index (χ0) is 18.8. The number of rotatable bonds is 5. The van der Waals surface area contributed by atoms with Crippen molar-refractivity contribution in [3.63, 3.8) is 0 Å². The lowest BCUT2D eigenvalue weighted by Gasteiger charge is -2.07. The van der Waals surface area contributed by atoms with Crippen LogP contribution in [-0.2, 0) is 6.42 Å². The van der Waals surface area contributed by atoms with E-state index in [9.17, 15) is 0 Å². The van der Waals surface area contributed by atoms with Crippen molar-refractivity contribution in [2.75, 3.05) is 5.32 Å². The standard InChI is InChI=1S/C21H18ClN3S2/c1-3-14-6-4-5-7-17(14)24-21-25-18(12-26-21)19-13(2)23-20(27-19)15-8-10-16(22)11-9-15/h4-12H,3H2,1-2H3,(H,24,25). The van der Waals surface area contributed by atoms with E-state index < -0.39 is 0 Å². The molecule has 1 N–H and O–H groups in total. The van der Waals surface area contributed by atoms with E-state index in [0.717, 1.165) is 49.1 Å². The molecule has 2 aromatic heterocycles. The number of nitrogens with zero attached hydrogens (tertiary/aromatic N) is 2. The first-order valence-corrected chi connectivity index (χ1v) is 10.8. The zero-order valence-electron chi connectivity index (χ0n) is 15.0. The molecule has 6 heteroatoms. The van der Waals surface area contributed by atoms with Gasteiger partial charge in [0.05, 0.1) is 16.3 Å². The van der Waals surface area contributed by atoms with Gasteiger partial charge in [-0.2, -0.15) is 0 Å². The fourth-order valence-corrected chi connectivity index (χ4v) is 4.80. The molecular formula is C21H18ClN3S2. The van der Waals surface area contributed by atoms with Crippen molar-refractivity contribution in [1.82, 2.24) is 9.97 Å². The highest BCUT2D eigenvalue weighted by molar-refractivity contribution is 7.19. The molecule has 0 unspecified atom stereocenters. The van der Waals surface area contributed by atoms with Crippen LogP contribution in [0.5, 0.6) is 0 Å². The first-order valence-electron chi connectivity index (χ1n) is 8.68. The van der Waals surface area contributed by atoms with Crippen LogP contribution in [0.1, 0.15) is 18.2 Å². The number of anilines is 2. The second-order valence-corrected chi connectivity index (χ2v) is 8.41. The van der Waals surface area contributed by atoms with E-state index in [1.165, 1.54) is 5.56 Å². The minimum absolute atomic E-state index is 0.731. The summed E-state index contributed by atoms with van der Waals surface area (Å²) in [7, 11) is 0. The van der Waals surface area contributed by atoms with Gasteiger partial charge in [-0.1, -0.05) is 48.9 Å². The van der Waals surface area contributed by atoms with Crippen LogP contribution in [0.4, 0.5) is 10.8 Å². The average molecular weight is 412 g/mol. The van der Waals surface area contributed by atoms with Gasteiger partial charge < -0.3 is 5.32 Å². The summed E-state index contributed by atoms with van der Waals surface area (Å²) in [6, 6.07) is 16.1. The van der Waals surface area contributed by atoms with E-state index >= 15 is 0 Å². The Morgan fingerprint density at radius 1 is 1.04 bits per heavy atom. The number of hydrogen-bond acceptors (Lipinski definition) is 5. The quantitative estimate of drug-likeness (QED) is 0.377. The number of hydrogen-bond donors (Lipinski definition) is 1. The highest BCUT2D eigenvalue weighted by atomic mass is 35.5. The van der Waals surface area contributed by atoms with E-state index in [-0.39, 0.29) is 0 Å². The molecule has 3 nitrogen and oxygen atoms in total. The first kappa shape index (κ1) is 18.2. The average Bonchev–Trinajstić information content (AvgIpc) is 3.29. The van der Waals surface area contributed by atoms with Crippen LogP contribution in [0.15, 0.2) is 53.9 Å². The van der Waals surface area contributed by atoms with Gasteiger partial charge in [0.1, 0.15) is 5.01 Å². The summed E-state index contributed by atoms with van der Waals surface area (Å²) in [5.74, 6) is 0. The van der Waals surface area contributed by atoms with Gasteiger partial charge in [0.2, 0.25) is 0 Å². The summed E-state index contributed by atoms with van der Waals surface area (Å²) in [4.78, 5) is 10.6. The van der Waals surface area contributed by atoms with E-state index in [2.05, 4.69) is 35.8 Å². The molecule has 2 aromatic carbocycles. The number of halogens is 1. The van der Waals surface area contributed by atoms with E-state index in [1.54, 1.807) is 22.7 Å². The lowest BCUT2D eigenvalue weighted by Crippen LogP contribution is -1.94. The normalized spacial score (nSPS) is 10.9. The van der Waals surface area contributed by atoms with Crippen molar-refractivity contribution in [2.24, 2.45) is 0 Å². The summed E-state index contributed by atoms with van der Waals surface area (Å²) in [5.41, 5.74) is 5.43. The Bertz CT molecular complexity index is 1070. The highest BCUT2D eigenvalue weighted by Gasteiger charge is 2.14. The molecule has 0 saturated carbocycles. The van der Waals surface area contributed by atoms with Crippen LogP contribution in [0.25, 0.3) is 21.1 Å². The van der Waals surface area contributed by atoms with Gasteiger partial charge in [-0.3, -0.25) is 0 Å². The second kappa shape index (κ2) is 7.80. The van der Waals surface area contributed by atoms with Gasteiger partial charge >= 0.3 is 0 Å². The third-order valence-electron chi connectivity index (χ3n) is 4.26. The van der Waals surface area contributed by atoms with Crippen molar-refractivity contribution in [2.45, 2.75) is 20.3 Å². The summed E-state index contributed by atoms with van der Waals surface area (Å²) in [5, 5.41) is 8.15. The Labute approximate surface area is 171 Å². The molecule has 0 bridgehead atoms. The van der Waals surface area contributed by atoms with Gasteiger partial charge in [0.15, 0.2) is 5.13 Å². The molecule has 4 rings (SSSR count). The molecule has 2 heterocycles. The minimum atomic E-state index is 0.731. The fraction of sp³-hybridized carbons (Fsp3) is 0.143. The maximum absolute atomic E-state index is 5.99. The maximum Gasteiger partial charge on any atom is 0.187 e. The van der Waals surface area contributed by atoms with Gasteiger partial charge in [-0.25, -0.2) is 9.97 Å². The van der Waals surface area contributed by atoms with Crippen LogP contribution in [0.3, 0.4) is 0 Å². The summed E-state index contributed by atoms with van der Waals surface area (Å²) in [6.45, 7) is 4.19. The third-order valence-corrected chi connectivity index (χ3v) is 6.50. The van der Waals surface area contributed by atoms with Gasteiger partial charge in [0, 0.05) is 21.7 Å². The Kier molecular flexibility index (Phi) is 5.25. The van der Waals surface area contributed by atoms with Crippen LogP contribution in [0.2, 0.25) is 5.02 Å². The number of para-hydroxylation sites is 1. The van der Waals surface area contributed by atoms with Crippen LogP contribution in [0, 0.1) is 6.92 Å². The molecule has 27 heavy (non-hydrogen) atoms. The predicted molar refractivity (Wildman–Crippen MR) is 118 cm³/mol. The second-order valence-electron chi connectivity index (χ2n) is 6.11. The molecule has 0 aliphatic rings. The van der Waals surface area contributed by atoms with E-state index in [1.807, 2.05) is 37.3 Å². The molecule has 0 spiro atoms. The van der Waals surface area contributed by atoms with Gasteiger partial charge in [-0.15, -0.1) is 22.7 Å². The Morgan fingerprint density at radius 3 is 2.59 bits per heavy atom. The topological polar surface area (TPSA) is 37.8 Å². The Hall–Kier alpha value is -2.21. The molecule has 0 amide bonds. The predicted octanol–water partition coefficient (Wildman–Crippen LogP) is 7.20. The number of thiazole rings is 2. The molecule has 0 aliphatic carbocycles. The minimum Gasteiger partial charge on any atom is -0.331 e. The molecule has 0 fully saturated rings. The van der Waals surface area contributed by atoms with E-state index in [0.29, 0.717) is 0 Å². The molecule has 0 aliphatic heterocycles. The zero-order valence-corrected chi connectivity index (χ0v) is 17.4. The van der Waals surface area contributed by atoms with Crippen LogP contribution in [-0.4, -0.2) is 9.97 Å². The Balaban J connectivity index is 1.61. The molecule has 0 saturated heterocycles. The fourth-order valence-electron chi connectivity index (χ4n) is 2.85. The third kappa shape index (κ3) is 3.90. The summed E-state index contributed by atoms with van der Waals surface area (Å²) < 4.78 is 0. The molecular weight excluding hydrogens is 394 g/mol. The van der Waals surface area contributed by atoms with E-state index in [4.69, 9.17) is 21.6 Å². The number of aromatic nitrogens is 2. The number of benzene rings is 2.